The van der Waals surface area contributed by atoms with Crippen LogP contribution < -0.4 is 10.1 Å². The lowest BCUT2D eigenvalue weighted by atomic mass is 10.2. The summed E-state index contributed by atoms with van der Waals surface area (Å²) in [5.74, 6) is 6.94. The molecule has 0 unspecified atom stereocenters. The van der Waals surface area contributed by atoms with Crippen LogP contribution in [0.25, 0.3) is 0 Å². The van der Waals surface area contributed by atoms with Gasteiger partial charge in [-0.1, -0.05) is 42.2 Å². The van der Waals surface area contributed by atoms with Crippen molar-refractivity contribution < 1.29 is 4.74 Å². The molecule has 0 aliphatic heterocycles. The van der Waals surface area contributed by atoms with Crippen LogP contribution in [0.3, 0.4) is 0 Å². The van der Waals surface area contributed by atoms with E-state index in [4.69, 9.17) is 4.74 Å². The normalized spacial score (nSPS) is 9.53. The summed E-state index contributed by atoms with van der Waals surface area (Å²) < 4.78 is 5.61. The fourth-order valence-corrected chi connectivity index (χ4v) is 1.73. The smallest absolute Gasteiger partial charge is 0.149 e. The van der Waals surface area contributed by atoms with Crippen molar-refractivity contribution in [2.45, 2.75) is 6.54 Å². The van der Waals surface area contributed by atoms with Gasteiger partial charge in [-0.3, -0.25) is 0 Å². The fourth-order valence-electron chi connectivity index (χ4n) is 1.73. The minimum absolute atomic E-state index is 0.401. The molecule has 2 aromatic rings. The summed E-state index contributed by atoms with van der Waals surface area (Å²) in [4.78, 5) is 0. The zero-order valence-corrected chi connectivity index (χ0v) is 11.0. The third-order valence-electron chi connectivity index (χ3n) is 2.60. The van der Waals surface area contributed by atoms with E-state index in [1.54, 1.807) is 0 Å². The van der Waals surface area contributed by atoms with Crippen LogP contribution in [0.15, 0.2) is 54.6 Å². The first-order valence-electron chi connectivity index (χ1n) is 6.29. The van der Waals surface area contributed by atoms with Gasteiger partial charge in [0.2, 0.25) is 0 Å². The number of ether oxygens (including phenoxy) is 1. The summed E-state index contributed by atoms with van der Waals surface area (Å²) in [6, 6.07) is 17.9. The van der Waals surface area contributed by atoms with Crippen molar-refractivity contribution in [3.63, 3.8) is 0 Å². The van der Waals surface area contributed by atoms with Crippen LogP contribution >= 0.6 is 0 Å². The highest BCUT2D eigenvalue weighted by molar-refractivity contribution is 5.34. The number of nitrogens with one attached hydrogen (secondary N) is 1. The summed E-state index contributed by atoms with van der Waals surface area (Å²) in [6.45, 7) is 1.24. The van der Waals surface area contributed by atoms with E-state index in [1.807, 2.05) is 55.6 Å². The molecule has 2 heteroatoms. The van der Waals surface area contributed by atoms with Crippen molar-refractivity contribution in [1.82, 2.24) is 5.32 Å². The topological polar surface area (TPSA) is 21.3 Å². The average molecular weight is 251 g/mol. The lowest BCUT2D eigenvalue weighted by Gasteiger charge is -2.04. The summed E-state index contributed by atoms with van der Waals surface area (Å²) in [5.41, 5.74) is 2.21. The lowest BCUT2D eigenvalue weighted by molar-refractivity contribution is 0.370. The molecule has 1 N–H and O–H groups in total. The first-order chi connectivity index (χ1) is 9.38. The van der Waals surface area contributed by atoms with Gasteiger partial charge in [-0.2, -0.15) is 0 Å². The maximum Gasteiger partial charge on any atom is 0.149 e. The third kappa shape index (κ3) is 4.50. The van der Waals surface area contributed by atoms with Gasteiger partial charge in [0.25, 0.3) is 0 Å². The molecule has 0 radical (unpaired) electrons. The average Bonchev–Trinajstić information content (AvgIpc) is 2.46. The van der Waals surface area contributed by atoms with Crippen molar-refractivity contribution >= 4 is 0 Å². The van der Waals surface area contributed by atoms with Crippen LogP contribution in [-0.4, -0.2) is 13.7 Å². The monoisotopic (exact) mass is 251 g/mol. The Morgan fingerprint density at radius 2 is 1.89 bits per heavy atom. The van der Waals surface area contributed by atoms with Crippen molar-refractivity contribution in [2.75, 3.05) is 13.7 Å². The van der Waals surface area contributed by atoms with Gasteiger partial charge in [0.15, 0.2) is 0 Å². The Labute approximate surface area is 114 Å². The fraction of sp³-hybridized carbons (Fsp3) is 0.176. The van der Waals surface area contributed by atoms with Crippen molar-refractivity contribution in [1.29, 1.82) is 0 Å². The first-order valence-corrected chi connectivity index (χ1v) is 6.29. The molecule has 0 saturated heterocycles. The molecule has 0 aliphatic rings. The SMILES string of the molecule is CNCc1cccc(OCC#Cc2ccccc2)c1. The molecule has 96 valence electrons. The Bertz CT molecular complexity index is 567. The van der Waals surface area contributed by atoms with Gasteiger partial charge in [0, 0.05) is 12.1 Å². The summed E-state index contributed by atoms with van der Waals surface area (Å²) >= 11 is 0. The van der Waals surface area contributed by atoms with Crippen molar-refractivity contribution in [3.05, 3.63) is 65.7 Å². The highest BCUT2D eigenvalue weighted by Gasteiger charge is 1.94. The second kappa shape index (κ2) is 7.25. The number of hydrogen-bond donors (Lipinski definition) is 1. The van der Waals surface area contributed by atoms with E-state index < -0.39 is 0 Å². The molecule has 0 aliphatic carbocycles. The summed E-state index contributed by atoms with van der Waals surface area (Å²) in [7, 11) is 1.93. The highest BCUT2D eigenvalue weighted by atomic mass is 16.5. The first kappa shape index (κ1) is 13.2. The quantitative estimate of drug-likeness (QED) is 0.844. The zero-order chi connectivity index (χ0) is 13.3. The zero-order valence-electron chi connectivity index (χ0n) is 11.0. The molecule has 2 aromatic carbocycles. The molecule has 0 bridgehead atoms. The maximum atomic E-state index is 5.61. The van der Waals surface area contributed by atoms with Gasteiger partial charge >= 0.3 is 0 Å². The van der Waals surface area contributed by atoms with Gasteiger partial charge in [-0.05, 0) is 36.9 Å². The van der Waals surface area contributed by atoms with E-state index in [0.29, 0.717) is 6.61 Å². The van der Waals surface area contributed by atoms with Gasteiger partial charge in [-0.15, -0.1) is 0 Å². The van der Waals surface area contributed by atoms with Crippen LogP contribution in [0.2, 0.25) is 0 Å². The largest absolute Gasteiger partial charge is 0.481 e. The van der Waals surface area contributed by atoms with Crippen LogP contribution in [0.1, 0.15) is 11.1 Å². The van der Waals surface area contributed by atoms with Gasteiger partial charge in [-0.25, -0.2) is 0 Å². The Hall–Kier alpha value is -2.24. The van der Waals surface area contributed by atoms with Crippen LogP contribution in [-0.2, 0) is 6.54 Å². The molecule has 0 amide bonds. The van der Waals surface area contributed by atoms with Crippen molar-refractivity contribution in [3.8, 4) is 17.6 Å². The predicted octanol–water partition coefficient (Wildman–Crippen LogP) is 2.84. The van der Waals surface area contributed by atoms with Crippen molar-refractivity contribution in [2.24, 2.45) is 0 Å². The van der Waals surface area contributed by atoms with Gasteiger partial charge in [0.1, 0.15) is 12.4 Å². The maximum absolute atomic E-state index is 5.61. The Morgan fingerprint density at radius 3 is 2.68 bits per heavy atom. The Balaban J connectivity index is 1.89. The Morgan fingerprint density at radius 1 is 1.05 bits per heavy atom. The second-order valence-electron chi connectivity index (χ2n) is 4.13. The molecular formula is C17H17NO. The number of rotatable bonds is 4. The summed E-state index contributed by atoms with van der Waals surface area (Å²) in [5, 5.41) is 3.12. The molecule has 2 rings (SSSR count). The highest BCUT2D eigenvalue weighted by Crippen LogP contribution is 2.12. The molecule has 2 nitrogen and oxygen atoms in total. The Kier molecular flexibility index (Phi) is 5.04. The molecule has 0 atom stereocenters. The molecule has 0 heterocycles. The van der Waals surface area contributed by atoms with Gasteiger partial charge in [0.05, 0.1) is 0 Å². The van der Waals surface area contributed by atoms with E-state index in [-0.39, 0.29) is 0 Å². The van der Waals surface area contributed by atoms with Gasteiger partial charge < -0.3 is 10.1 Å². The number of benzene rings is 2. The second-order valence-corrected chi connectivity index (χ2v) is 4.13. The van der Waals surface area contributed by atoms with E-state index >= 15 is 0 Å². The van der Waals surface area contributed by atoms with E-state index in [9.17, 15) is 0 Å². The minimum Gasteiger partial charge on any atom is -0.481 e. The molecule has 19 heavy (non-hydrogen) atoms. The summed E-state index contributed by atoms with van der Waals surface area (Å²) in [6.07, 6.45) is 0. The standard InChI is InChI=1S/C17H17NO/c1-18-14-16-9-5-11-17(13-16)19-12-6-10-15-7-3-2-4-8-15/h2-5,7-9,11,13,18H,12,14H2,1H3. The van der Waals surface area contributed by atoms with Crippen LogP contribution in [0.4, 0.5) is 0 Å². The lowest BCUT2D eigenvalue weighted by Crippen LogP contribution is -2.05. The molecule has 0 spiro atoms. The van der Waals surface area contributed by atoms with E-state index in [2.05, 4.69) is 23.2 Å². The van der Waals surface area contributed by atoms with E-state index in [0.717, 1.165) is 17.9 Å². The third-order valence-corrected chi connectivity index (χ3v) is 2.60. The minimum atomic E-state index is 0.401. The molecular weight excluding hydrogens is 234 g/mol. The number of hydrogen-bond acceptors (Lipinski definition) is 2. The molecule has 0 aromatic heterocycles. The molecule has 0 fully saturated rings. The van der Waals surface area contributed by atoms with E-state index in [1.165, 1.54) is 5.56 Å². The predicted molar refractivity (Wildman–Crippen MR) is 78.0 cm³/mol. The van der Waals surface area contributed by atoms with Crippen LogP contribution in [0, 0.1) is 11.8 Å². The molecule has 0 saturated carbocycles. The van der Waals surface area contributed by atoms with Crippen LogP contribution in [0.5, 0.6) is 5.75 Å².